The van der Waals surface area contributed by atoms with Gasteiger partial charge in [0.05, 0.1) is 0 Å². The maximum Gasteiger partial charge on any atom is 1.00 e. The van der Waals surface area contributed by atoms with Gasteiger partial charge in [-0.2, -0.15) is 0 Å². The van der Waals surface area contributed by atoms with Gasteiger partial charge in [0.15, 0.2) is 5.02 Å². The summed E-state index contributed by atoms with van der Waals surface area (Å²) in [7, 11) is -11.3. The molecular weight excluding hydrogens is 318 g/mol. The molecule has 0 bridgehead atoms. The van der Waals surface area contributed by atoms with Crippen molar-refractivity contribution in [1.82, 2.24) is 0 Å². The van der Waals surface area contributed by atoms with Gasteiger partial charge in [-0.25, -0.2) is 0 Å². The van der Waals surface area contributed by atoms with Crippen LogP contribution in [-0.2, 0) is 14.2 Å². The second-order valence-corrected chi connectivity index (χ2v) is 7.16. The van der Waals surface area contributed by atoms with E-state index in [0.29, 0.717) is 0 Å². The number of nitrogens with two attached hydrogens (primary N) is 1. The number of rotatable bonds is 3. The van der Waals surface area contributed by atoms with Crippen LogP contribution in [-0.4, -0.2) is 14.9 Å². The van der Waals surface area contributed by atoms with E-state index in [1.807, 2.05) is 0 Å². The Balaban J connectivity index is 0. The van der Waals surface area contributed by atoms with Gasteiger partial charge in [0, 0.05) is 0 Å². The fourth-order valence-corrected chi connectivity index (χ4v) is 3.42. The minimum absolute atomic E-state index is 0. The largest absolute Gasteiger partial charge is 1.00 e. The molecule has 0 radical (unpaired) electrons. The van der Waals surface area contributed by atoms with Crippen LogP contribution in [0.4, 0.5) is 0 Å². The van der Waals surface area contributed by atoms with E-state index in [1.54, 1.807) is 0 Å². The molecule has 19 heavy (non-hydrogen) atoms. The Morgan fingerprint density at radius 1 is 1.05 bits per heavy atom. The van der Waals surface area contributed by atoms with Crippen molar-refractivity contribution in [2.24, 2.45) is 5.73 Å². The second-order valence-electron chi connectivity index (χ2n) is 3.31. The zero-order valence-corrected chi connectivity index (χ0v) is 16.0. The average molecular weight is 327 g/mol. The zero-order valence-electron chi connectivity index (χ0n) is 10.3. The SMILES string of the molecule is NC(c1ccc(O)cc1)(P(=O)([O-])[O-])P(=O)(O)O.[Na+].[Na+]. The van der Waals surface area contributed by atoms with Gasteiger partial charge in [-0.1, -0.05) is 12.1 Å². The first kappa shape index (κ1) is 22.6. The van der Waals surface area contributed by atoms with E-state index < -0.39 is 25.8 Å². The number of hydrogen-bond acceptors (Lipinski definition) is 6. The minimum Gasteiger partial charge on any atom is -0.809 e. The molecule has 0 heterocycles. The molecule has 0 aliphatic rings. The van der Waals surface area contributed by atoms with Gasteiger partial charge in [0.1, 0.15) is 5.75 Å². The monoisotopic (exact) mass is 327 g/mol. The molecule has 1 unspecified atom stereocenters. The molecule has 1 aromatic carbocycles. The van der Waals surface area contributed by atoms with Crippen LogP contribution in [0.25, 0.3) is 0 Å². The normalized spacial score (nSPS) is 14.8. The Morgan fingerprint density at radius 3 is 1.68 bits per heavy atom. The van der Waals surface area contributed by atoms with E-state index in [0.717, 1.165) is 24.3 Å². The first-order chi connectivity index (χ1) is 7.50. The van der Waals surface area contributed by atoms with Crippen molar-refractivity contribution in [2.75, 3.05) is 0 Å². The van der Waals surface area contributed by atoms with E-state index in [1.165, 1.54) is 0 Å². The third-order valence-corrected chi connectivity index (χ3v) is 5.91. The van der Waals surface area contributed by atoms with Crippen molar-refractivity contribution in [3.63, 3.8) is 0 Å². The van der Waals surface area contributed by atoms with E-state index in [-0.39, 0.29) is 64.9 Å². The van der Waals surface area contributed by atoms with Gasteiger partial charge in [-0.15, -0.1) is 0 Å². The zero-order chi connectivity index (χ0) is 13.5. The van der Waals surface area contributed by atoms with Crippen molar-refractivity contribution >= 4 is 15.2 Å². The summed E-state index contributed by atoms with van der Waals surface area (Å²) in [6.45, 7) is 0. The third-order valence-electron chi connectivity index (χ3n) is 2.15. The summed E-state index contributed by atoms with van der Waals surface area (Å²) in [6.07, 6.45) is 0. The molecule has 0 aliphatic carbocycles. The Bertz CT molecular complexity index is 489. The molecule has 0 aromatic heterocycles. The van der Waals surface area contributed by atoms with Gasteiger partial charge in [-0.3, -0.25) is 4.57 Å². The van der Waals surface area contributed by atoms with E-state index >= 15 is 0 Å². The number of phenolic OH excluding ortho intramolecular Hbond substituents is 1. The van der Waals surface area contributed by atoms with Gasteiger partial charge < -0.3 is 35.0 Å². The predicted molar refractivity (Wildman–Crippen MR) is 53.6 cm³/mol. The van der Waals surface area contributed by atoms with Crippen molar-refractivity contribution in [2.45, 2.75) is 5.02 Å². The second kappa shape index (κ2) is 7.51. The number of aromatic hydroxyl groups is 1. The molecule has 0 fully saturated rings. The number of hydrogen-bond donors (Lipinski definition) is 4. The van der Waals surface area contributed by atoms with Crippen LogP contribution >= 0.6 is 15.2 Å². The molecule has 1 atom stereocenters. The van der Waals surface area contributed by atoms with Crippen LogP contribution < -0.4 is 74.6 Å². The smallest absolute Gasteiger partial charge is 0.809 e. The first-order valence-electron chi connectivity index (χ1n) is 4.16. The Hall–Kier alpha value is 1.28. The van der Waals surface area contributed by atoms with Crippen LogP contribution in [0.15, 0.2) is 24.3 Å². The molecule has 0 spiro atoms. The summed E-state index contributed by atoms with van der Waals surface area (Å²) in [5, 5.41) is 5.63. The molecule has 0 saturated heterocycles. The van der Waals surface area contributed by atoms with Crippen LogP contribution in [0, 0.1) is 0 Å². The van der Waals surface area contributed by atoms with Crippen molar-refractivity contribution < 1.29 is 92.9 Å². The minimum atomic E-state index is -5.81. The molecule has 1 aromatic rings. The maximum atomic E-state index is 11.1. The number of benzene rings is 1. The number of phenols is 1. The molecule has 96 valence electrons. The maximum absolute atomic E-state index is 11.1. The first-order valence-corrected chi connectivity index (χ1v) is 7.32. The fraction of sp³-hybridized carbons (Fsp3) is 0.143. The Kier molecular flexibility index (Phi) is 8.92. The fourth-order valence-electron chi connectivity index (χ4n) is 1.19. The molecule has 1 rings (SSSR count). The van der Waals surface area contributed by atoms with E-state index in [4.69, 9.17) is 20.6 Å². The molecule has 0 aliphatic heterocycles. The summed E-state index contributed by atoms with van der Waals surface area (Å²) >= 11 is 0. The van der Waals surface area contributed by atoms with Crippen molar-refractivity contribution in [3.8, 4) is 5.75 Å². The average Bonchev–Trinajstić information content (AvgIpc) is 2.14. The topological polar surface area (TPSA) is 167 Å². The van der Waals surface area contributed by atoms with Gasteiger partial charge >= 0.3 is 66.7 Å². The Labute approximate surface area is 153 Å². The van der Waals surface area contributed by atoms with Crippen molar-refractivity contribution in [3.05, 3.63) is 29.8 Å². The van der Waals surface area contributed by atoms with Gasteiger partial charge in [0.25, 0.3) is 0 Å². The molecule has 0 saturated carbocycles. The van der Waals surface area contributed by atoms with Gasteiger partial charge in [-0.05, 0) is 25.3 Å². The van der Waals surface area contributed by atoms with E-state index in [9.17, 15) is 18.9 Å². The molecule has 0 amide bonds. The summed E-state index contributed by atoms with van der Waals surface area (Å²) in [5.41, 5.74) is 4.50. The van der Waals surface area contributed by atoms with Crippen LogP contribution in [0.2, 0.25) is 0 Å². The molecule has 5 N–H and O–H groups in total. The quantitative estimate of drug-likeness (QED) is 0.314. The molecule has 8 nitrogen and oxygen atoms in total. The summed E-state index contributed by atoms with van der Waals surface area (Å²) in [4.78, 5) is 39.8. The van der Waals surface area contributed by atoms with E-state index in [2.05, 4.69) is 0 Å². The summed E-state index contributed by atoms with van der Waals surface area (Å²) in [5.74, 6) is -0.270. The third kappa shape index (κ3) is 4.63. The molecule has 12 heteroatoms. The summed E-state index contributed by atoms with van der Waals surface area (Å²) < 4.78 is 22.1. The van der Waals surface area contributed by atoms with Crippen LogP contribution in [0.5, 0.6) is 5.75 Å². The Morgan fingerprint density at radius 2 is 1.42 bits per heavy atom. The van der Waals surface area contributed by atoms with Crippen molar-refractivity contribution in [1.29, 1.82) is 0 Å². The molecular formula is C7H9NNa2O7P2. The summed E-state index contributed by atoms with van der Waals surface area (Å²) in [6, 6.07) is 3.64. The van der Waals surface area contributed by atoms with Gasteiger partial charge in [0.2, 0.25) is 0 Å². The standard InChI is InChI=1S/C7H11NO7P2.2Na/c8-7(16(10,11)12,17(13,14)15)5-1-3-6(9)4-2-5;;/h1-4,9H,8H2,(H2,10,11,12)(H2,13,14,15);;/q;2*+1/p-2. The van der Waals surface area contributed by atoms with Crippen LogP contribution in [0.3, 0.4) is 0 Å². The predicted octanol–water partition coefficient (Wildman–Crippen LogP) is -7.44. The van der Waals surface area contributed by atoms with Crippen LogP contribution in [0.1, 0.15) is 5.56 Å².